The van der Waals surface area contributed by atoms with E-state index in [1.807, 2.05) is 0 Å². The normalized spacial score (nSPS) is 19.7. The molecule has 98 valence electrons. The van der Waals surface area contributed by atoms with Gasteiger partial charge in [0.2, 0.25) is 0 Å². The Kier molecular flexibility index (Phi) is 3.21. The molecule has 1 aromatic heterocycles. The number of hydrogen-bond acceptors (Lipinski definition) is 2. The van der Waals surface area contributed by atoms with Gasteiger partial charge in [-0.25, -0.2) is 4.98 Å². The molecule has 1 aromatic rings. The number of aliphatic imine (C=N–C) groups is 1. The van der Waals surface area contributed by atoms with Crippen LogP contribution < -0.4 is 11.1 Å². The van der Waals surface area contributed by atoms with Crippen LogP contribution in [0.2, 0.25) is 0 Å². The second-order valence-electron chi connectivity index (χ2n) is 5.23. The lowest BCUT2D eigenvalue weighted by molar-refractivity contribution is 0.522. The maximum Gasteiger partial charge on any atom is 0.188 e. The lowest BCUT2D eigenvalue weighted by atomic mass is 10.2. The Morgan fingerprint density at radius 1 is 1.50 bits per heavy atom. The van der Waals surface area contributed by atoms with Crippen molar-refractivity contribution in [1.29, 1.82) is 0 Å². The fraction of sp³-hybridized carbons (Fsp3) is 0.692. The molecule has 0 atom stereocenters. The summed E-state index contributed by atoms with van der Waals surface area (Å²) in [6.07, 6.45) is 9.18. The second kappa shape index (κ2) is 5.00. The summed E-state index contributed by atoms with van der Waals surface area (Å²) in [5.41, 5.74) is 6.94. The third-order valence-electron chi connectivity index (χ3n) is 3.54. The number of fused-ring (bicyclic) bond motifs is 1. The van der Waals surface area contributed by atoms with E-state index in [1.165, 1.54) is 31.5 Å². The number of nitrogens with two attached hydrogens (primary N) is 1. The van der Waals surface area contributed by atoms with Crippen molar-refractivity contribution in [3.63, 3.8) is 0 Å². The van der Waals surface area contributed by atoms with E-state index >= 15 is 0 Å². The Bertz CT molecular complexity index is 421. The van der Waals surface area contributed by atoms with Crippen LogP contribution in [0.3, 0.4) is 0 Å². The predicted octanol–water partition coefficient (Wildman–Crippen LogP) is 0.829. The quantitative estimate of drug-likeness (QED) is 0.611. The van der Waals surface area contributed by atoms with Gasteiger partial charge >= 0.3 is 0 Å². The Hall–Kier alpha value is -1.52. The number of guanidine groups is 1. The van der Waals surface area contributed by atoms with E-state index in [-0.39, 0.29) is 0 Å². The molecule has 5 nitrogen and oxygen atoms in total. The lowest BCUT2D eigenvalue weighted by Crippen LogP contribution is -2.33. The first-order valence-corrected chi connectivity index (χ1v) is 6.92. The minimum absolute atomic E-state index is 0.577. The molecule has 5 heteroatoms. The van der Waals surface area contributed by atoms with Gasteiger partial charge in [0.25, 0.3) is 0 Å². The molecular formula is C13H21N5. The molecular weight excluding hydrogens is 226 g/mol. The summed E-state index contributed by atoms with van der Waals surface area (Å²) in [5, 5.41) is 3.19. The summed E-state index contributed by atoms with van der Waals surface area (Å²) in [7, 11) is 0. The average molecular weight is 247 g/mol. The summed E-state index contributed by atoms with van der Waals surface area (Å²) < 4.78 is 2.29. The summed E-state index contributed by atoms with van der Waals surface area (Å²) >= 11 is 0. The first-order valence-electron chi connectivity index (χ1n) is 6.92. The smallest absolute Gasteiger partial charge is 0.188 e. The van der Waals surface area contributed by atoms with Crippen molar-refractivity contribution in [3.8, 4) is 0 Å². The van der Waals surface area contributed by atoms with Crippen molar-refractivity contribution < 1.29 is 0 Å². The van der Waals surface area contributed by atoms with E-state index in [2.05, 4.69) is 26.1 Å². The number of nitrogens with one attached hydrogen (secondary N) is 1. The zero-order valence-electron chi connectivity index (χ0n) is 10.7. The van der Waals surface area contributed by atoms with Crippen LogP contribution in [0.4, 0.5) is 0 Å². The van der Waals surface area contributed by atoms with E-state index < -0.39 is 0 Å². The Morgan fingerprint density at radius 2 is 2.39 bits per heavy atom. The van der Waals surface area contributed by atoms with Crippen molar-refractivity contribution in [2.75, 3.05) is 6.54 Å². The average Bonchev–Trinajstić information content (AvgIpc) is 3.07. The number of imidazole rings is 1. The molecule has 0 aromatic carbocycles. The zero-order chi connectivity index (χ0) is 12.4. The van der Waals surface area contributed by atoms with Crippen LogP contribution in [0.15, 0.2) is 11.2 Å². The summed E-state index contributed by atoms with van der Waals surface area (Å²) in [6.45, 7) is 1.85. The van der Waals surface area contributed by atoms with Crippen LogP contribution in [0.25, 0.3) is 0 Å². The number of nitrogens with zero attached hydrogens (tertiary/aromatic N) is 3. The second-order valence-corrected chi connectivity index (χ2v) is 5.23. The highest BCUT2D eigenvalue weighted by Crippen LogP contribution is 2.18. The van der Waals surface area contributed by atoms with E-state index in [0.29, 0.717) is 12.0 Å². The first kappa shape index (κ1) is 11.6. The summed E-state index contributed by atoms with van der Waals surface area (Å²) in [6, 6.07) is 0.577. The Labute approximate surface area is 107 Å². The van der Waals surface area contributed by atoms with Gasteiger partial charge in [-0.05, 0) is 25.7 Å². The number of aromatic nitrogens is 2. The highest BCUT2D eigenvalue weighted by molar-refractivity contribution is 5.78. The molecule has 0 bridgehead atoms. The maximum atomic E-state index is 5.79. The van der Waals surface area contributed by atoms with Crippen molar-refractivity contribution in [1.82, 2.24) is 14.9 Å². The number of aryl methyl sites for hydroxylation is 2. The molecule has 2 aliphatic rings. The van der Waals surface area contributed by atoms with E-state index in [4.69, 9.17) is 5.73 Å². The number of rotatable bonds is 4. The SMILES string of the molecule is NC(=NCCc1cn2c(n1)CCCC2)NC1CC1. The molecule has 1 aliphatic carbocycles. The lowest BCUT2D eigenvalue weighted by Gasteiger charge is -2.11. The molecule has 0 amide bonds. The van der Waals surface area contributed by atoms with E-state index in [9.17, 15) is 0 Å². The first-order chi connectivity index (χ1) is 8.81. The van der Waals surface area contributed by atoms with Crippen LogP contribution in [-0.2, 0) is 19.4 Å². The number of hydrogen-bond donors (Lipinski definition) is 2. The van der Waals surface area contributed by atoms with Crippen LogP contribution in [0.5, 0.6) is 0 Å². The highest BCUT2D eigenvalue weighted by atomic mass is 15.1. The molecule has 1 aliphatic heterocycles. The molecule has 3 rings (SSSR count). The topological polar surface area (TPSA) is 68.2 Å². The van der Waals surface area contributed by atoms with E-state index in [0.717, 1.165) is 31.6 Å². The summed E-state index contributed by atoms with van der Waals surface area (Å²) in [5.74, 6) is 1.82. The van der Waals surface area contributed by atoms with Crippen LogP contribution >= 0.6 is 0 Å². The van der Waals surface area contributed by atoms with Crippen molar-refractivity contribution in [3.05, 3.63) is 17.7 Å². The van der Waals surface area contributed by atoms with Gasteiger partial charge in [0.05, 0.1) is 5.69 Å². The predicted molar refractivity (Wildman–Crippen MR) is 71.5 cm³/mol. The van der Waals surface area contributed by atoms with Crippen molar-refractivity contribution in [2.45, 2.75) is 51.1 Å². The van der Waals surface area contributed by atoms with Crippen LogP contribution in [0.1, 0.15) is 37.2 Å². The highest BCUT2D eigenvalue weighted by Gasteiger charge is 2.21. The molecule has 0 unspecified atom stereocenters. The fourth-order valence-electron chi connectivity index (χ4n) is 2.37. The minimum Gasteiger partial charge on any atom is -0.370 e. The minimum atomic E-state index is 0.577. The van der Waals surface area contributed by atoms with Gasteiger partial charge in [0.1, 0.15) is 5.82 Å². The van der Waals surface area contributed by atoms with Gasteiger partial charge in [-0.1, -0.05) is 0 Å². The van der Waals surface area contributed by atoms with Crippen LogP contribution in [0, 0.1) is 0 Å². The third kappa shape index (κ3) is 2.83. The molecule has 18 heavy (non-hydrogen) atoms. The van der Waals surface area contributed by atoms with Gasteiger partial charge in [-0.2, -0.15) is 0 Å². The molecule has 0 radical (unpaired) electrons. The molecule has 3 N–H and O–H groups in total. The standard InChI is InChI=1S/C13H21N5/c14-13(17-10-4-5-10)15-7-6-11-9-18-8-2-1-3-12(18)16-11/h9-10H,1-8H2,(H3,14,15,17). The van der Waals surface area contributed by atoms with Gasteiger partial charge in [0.15, 0.2) is 5.96 Å². The molecule has 2 heterocycles. The van der Waals surface area contributed by atoms with Gasteiger partial charge < -0.3 is 15.6 Å². The van der Waals surface area contributed by atoms with Crippen molar-refractivity contribution >= 4 is 5.96 Å². The zero-order valence-corrected chi connectivity index (χ0v) is 10.7. The molecule has 1 fully saturated rings. The van der Waals surface area contributed by atoms with Crippen LogP contribution in [-0.4, -0.2) is 28.1 Å². The Balaban J connectivity index is 1.51. The molecule has 1 saturated carbocycles. The Morgan fingerprint density at radius 3 is 3.17 bits per heavy atom. The molecule has 0 saturated heterocycles. The monoisotopic (exact) mass is 247 g/mol. The van der Waals surface area contributed by atoms with Gasteiger partial charge in [0, 0.05) is 38.2 Å². The molecule has 0 spiro atoms. The fourth-order valence-corrected chi connectivity index (χ4v) is 2.37. The largest absolute Gasteiger partial charge is 0.370 e. The van der Waals surface area contributed by atoms with Gasteiger partial charge in [-0.15, -0.1) is 0 Å². The van der Waals surface area contributed by atoms with E-state index in [1.54, 1.807) is 0 Å². The third-order valence-corrected chi connectivity index (χ3v) is 3.54. The maximum absolute atomic E-state index is 5.79. The summed E-state index contributed by atoms with van der Waals surface area (Å²) in [4.78, 5) is 8.99. The van der Waals surface area contributed by atoms with Gasteiger partial charge in [-0.3, -0.25) is 4.99 Å². The van der Waals surface area contributed by atoms with Crippen molar-refractivity contribution in [2.24, 2.45) is 10.7 Å².